The first-order chi connectivity index (χ1) is 2.00. The van der Waals surface area contributed by atoms with E-state index in [4.69, 9.17) is 13.2 Å². The summed E-state index contributed by atoms with van der Waals surface area (Å²) in [5, 5.41) is 0. The maximum atomic E-state index is 8.64. The molecule has 0 bridgehead atoms. The Hall–Kier alpha value is 2.63. The van der Waals surface area contributed by atoms with Crippen molar-refractivity contribution in [2.24, 2.45) is 0 Å². The second-order valence-electron chi connectivity index (χ2n) is 0.447. The summed E-state index contributed by atoms with van der Waals surface area (Å²) >= 11 is -6.10. The van der Waals surface area contributed by atoms with E-state index in [0.29, 0.717) is 0 Å². The molecule has 0 aliphatic heterocycles. The van der Waals surface area contributed by atoms with E-state index in [1.807, 2.05) is 0 Å². The molecule has 0 N–H and O–H groups in total. The number of hydrogen-bond donors (Lipinski definition) is 0. The zero-order chi connectivity index (χ0) is 4.50. The average Bonchev–Trinajstić information content (AvgIpc) is 0.722. The van der Waals surface area contributed by atoms with Gasteiger partial charge in [-0.1, -0.05) is 0 Å². The molecule has 0 aromatic heterocycles. The van der Waals surface area contributed by atoms with Gasteiger partial charge in [0.25, 0.3) is 0 Å². The second kappa shape index (κ2) is 6.74. The van der Waals surface area contributed by atoms with Crippen LogP contribution in [0.5, 0.6) is 0 Å². The Morgan fingerprint density at radius 1 is 1.14 bits per heavy atom. The molecule has 0 aromatic carbocycles. The van der Waals surface area contributed by atoms with E-state index >= 15 is 0 Å². The summed E-state index contributed by atoms with van der Waals surface area (Å²) in [4.78, 5) is 0. The van der Waals surface area contributed by atoms with Crippen LogP contribution in [-0.4, -0.2) is 83.6 Å². The summed E-state index contributed by atoms with van der Waals surface area (Å²) in [6.07, 6.45) is 0. The van der Waals surface area contributed by atoms with Crippen LogP contribution in [0, 0.1) is 0 Å². The molecule has 0 aromatic rings. The molecular formula is CaInO4Sb+2. The molecule has 0 aliphatic rings. The van der Waals surface area contributed by atoms with Crippen LogP contribution in [0.15, 0.2) is 0 Å². The van der Waals surface area contributed by atoms with Crippen molar-refractivity contribution >= 4 is 83.6 Å². The van der Waals surface area contributed by atoms with Crippen LogP contribution in [0.3, 0.4) is 0 Å². The first-order valence-electron chi connectivity index (χ1n) is 0.730. The molecule has 4 nitrogen and oxygen atoms in total. The van der Waals surface area contributed by atoms with E-state index in [-0.39, 0.29) is 63.6 Å². The van der Waals surface area contributed by atoms with Gasteiger partial charge in [-0.05, 0) is 0 Å². The monoisotopic (exact) mass is 340 g/mol. The van der Waals surface area contributed by atoms with Gasteiger partial charge < -0.3 is 0 Å². The normalized spacial score (nSPS) is 8.43. The van der Waals surface area contributed by atoms with E-state index in [1.165, 1.54) is 0 Å². The van der Waals surface area contributed by atoms with Gasteiger partial charge in [0.2, 0.25) is 0 Å². The van der Waals surface area contributed by atoms with Gasteiger partial charge in [-0.3, -0.25) is 0 Å². The fourth-order valence-electron chi connectivity index (χ4n) is 0. The quantitative estimate of drug-likeness (QED) is 0.414. The Balaban J connectivity index is -0.0000000800. The predicted molar refractivity (Wildman–Crippen MR) is 17.9 cm³/mol. The van der Waals surface area contributed by atoms with E-state index < -0.39 is 20.1 Å². The summed E-state index contributed by atoms with van der Waals surface area (Å²) in [5.41, 5.74) is 0. The first kappa shape index (κ1) is 16.3. The zero-order valence-electron chi connectivity index (χ0n) is 3.36. The molecule has 0 unspecified atom stereocenters. The Labute approximate surface area is 94.8 Å². The van der Waals surface area contributed by atoms with Crippen LogP contribution in [0.4, 0.5) is 0 Å². The van der Waals surface area contributed by atoms with Crippen molar-refractivity contribution in [3.63, 3.8) is 0 Å². The van der Waals surface area contributed by atoms with E-state index in [9.17, 15) is 0 Å². The molecule has 0 saturated carbocycles. The third-order valence-corrected chi connectivity index (χ3v) is 0. The molecule has 0 spiro atoms. The van der Waals surface area contributed by atoms with Crippen LogP contribution >= 0.6 is 0 Å². The van der Waals surface area contributed by atoms with Crippen molar-refractivity contribution in [3.8, 4) is 0 Å². The summed E-state index contributed by atoms with van der Waals surface area (Å²) < 4.78 is 34.6. The predicted octanol–water partition coefficient (Wildman–Crippen LogP) is -4.83. The molecule has 7 heteroatoms. The molecule has 0 fully saturated rings. The van der Waals surface area contributed by atoms with Gasteiger partial charge in [-0.15, -0.1) is 0 Å². The molecule has 0 rings (SSSR count). The van der Waals surface area contributed by atoms with Crippen molar-refractivity contribution in [2.45, 2.75) is 0 Å². The third kappa shape index (κ3) is 54.9. The summed E-state index contributed by atoms with van der Waals surface area (Å²) in [6, 6.07) is 0. The van der Waals surface area contributed by atoms with Crippen molar-refractivity contribution in [3.05, 3.63) is 0 Å². The Bertz CT molecular complexity index is 57.8. The maximum absolute atomic E-state index is 8.64. The van der Waals surface area contributed by atoms with Crippen molar-refractivity contribution in [1.82, 2.24) is 0 Å². The van der Waals surface area contributed by atoms with Gasteiger partial charge in [0.15, 0.2) is 0 Å². The van der Waals surface area contributed by atoms with Crippen LogP contribution < -0.4 is 10.2 Å². The van der Waals surface area contributed by atoms with E-state index in [1.54, 1.807) is 0 Å². The van der Waals surface area contributed by atoms with Gasteiger partial charge in [0.05, 0.1) is 0 Å². The second-order valence-corrected chi connectivity index (χ2v) is 3.00. The molecule has 0 heterocycles. The molecule has 0 amide bonds. The Morgan fingerprint density at radius 2 is 1.14 bits per heavy atom. The molecule has 0 atom stereocenters. The van der Waals surface area contributed by atoms with E-state index in [2.05, 4.69) is 0 Å². The van der Waals surface area contributed by atoms with E-state index in [0.717, 1.165) is 0 Å². The Morgan fingerprint density at radius 3 is 1.14 bits per heavy atom. The van der Waals surface area contributed by atoms with Gasteiger partial charge in [0, 0.05) is 0 Å². The van der Waals surface area contributed by atoms with Gasteiger partial charge in [0.1, 0.15) is 0 Å². The summed E-state index contributed by atoms with van der Waals surface area (Å²) in [6.45, 7) is 0. The average molecular weight is 341 g/mol. The first-order valence-corrected chi connectivity index (χ1v) is 4.90. The molecule has 32 valence electrons. The van der Waals surface area contributed by atoms with Gasteiger partial charge in [-0.2, -0.15) is 0 Å². The van der Waals surface area contributed by atoms with Gasteiger partial charge in [-0.25, -0.2) is 0 Å². The summed E-state index contributed by atoms with van der Waals surface area (Å²) in [5.74, 6) is 0. The van der Waals surface area contributed by atoms with Crippen molar-refractivity contribution in [1.29, 1.82) is 0 Å². The van der Waals surface area contributed by atoms with Crippen LogP contribution in [0.25, 0.3) is 0 Å². The molecule has 0 saturated heterocycles. The van der Waals surface area contributed by atoms with Crippen LogP contribution in [-0.2, 0) is 3.02 Å². The summed E-state index contributed by atoms with van der Waals surface area (Å²) in [7, 11) is 0. The molecule has 0 radical (unpaired) electrons. The van der Waals surface area contributed by atoms with Crippen molar-refractivity contribution in [2.75, 3.05) is 0 Å². The van der Waals surface area contributed by atoms with Crippen molar-refractivity contribution < 1.29 is 13.2 Å². The SMILES string of the molecule is [Ca+2].[In+3].[O]=[Sb]([O-])([O-])[O-]. The third-order valence-electron chi connectivity index (χ3n) is 0. The molecule has 0 aliphatic carbocycles. The molecule has 7 heavy (non-hydrogen) atoms. The minimum atomic E-state index is -6.10. The van der Waals surface area contributed by atoms with Gasteiger partial charge >= 0.3 is 96.8 Å². The topological polar surface area (TPSA) is 86.2 Å². The number of hydrogen-bond acceptors (Lipinski definition) is 4. The Kier molecular flexibility index (Phi) is 15.7. The molecular weight excluding hydrogens is 341 g/mol. The van der Waals surface area contributed by atoms with Crippen LogP contribution in [0.2, 0.25) is 0 Å². The fraction of sp³-hybridized carbons (Fsp3) is 0. The number of rotatable bonds is 0. The minimum absolute atomic E-state index is 0. The fourth-order valence-corrected chi connectivity index (χ4v) is 0. The zero-order valence-corrected chi connectivity index (χ0v) is 11.4. The van der Waals surface area contributed by atoms with Crippen LogP contribution in [0.1, 0.15) is 0 Å². The standard InChI is InChI=1S/Ca.In.4O.Sb/q+2;+3;;3*-1;.